The molecule has 2 fully saturated rings. The molecule has 1 unspecified atom stereocenters. The Morgan fingerprint density at radius 2 is 1.84 bits per heavy atom. The normalized spacial score (nSPS) is 28.5. The van der Waals surface area contributed by atoms with E-state index in [1.165, 1.54) is 56.2 Å². The Balaban J connectivity index is 1.35. The van der Waals surface area contributed by atoms with Gasteiger partial charge in [-0.1, -0.05) is 18.2 Å². The second-order valence-electron chi connectivity index (χ2n) is 6.11. The molecule has 0 radical (unpaired) electrons. The molecule has 0 spiro atoms. The summed E-state index contributed by atoms with van der Waals surface area (Å²) < 4.78 is 0. The van der Waals surface area contributed by atoms with E-state index in [0.29, 0.717) is 0 Å². The highest BCUT2D eigenvalue weighted by molar-refractivity contribution is 7.99. The summed E-state index contributed by atoms with van der Waals surface area (Å²) in [7, 11) is 0. The molecular weight excluding hydrogens is 252 g/mol. The number of benzene rings is 1. The third-order valence-electron chi connectivity index (χ3n) is 4.75. The molecule has 2 nitrogen and oxygen atoms in total. The number of hydrogen-bond donors (Lipinski definition) is 0. The molecular formula is C16H22N2S. The summed E-state index contributed by atoms with van der Waals surface area (Å²) >= 11 is 2.04. The van der Waals surface area contributed by atoms with Crippen molar-refractivity contribution >= 4 is 11.8 Å². The molecule has 4 rings (SSSR count). The van der Waals surface area contributed by atoms with Crippen LogP contribution in [0.2, 0.25) is 0 Å². The van der Waals surface area contributed by atoms with Crippen LogP contribution in [0.25, 0.3) is 0 Å². The van der Waals surface area contributed by atoms with Crippen LogP contribution in [0.15, 0.2) is 29.2 Å². The Bertz CT molecular complexity index is 450. The number of rotatable bonds is 3. The first-order chi connectivity index (χ1) is 9.40. The van der Waals surface area contributed by atoms with E-state index < -0.39 is 0 Å². The Hall–Kier alpha value is -0.510. The molecule has 0 aromatic heterocycles. The summed E-state index contributed by atoms with van der Waals surface area (Å²) in [5.41, 5.74) is 1.59. The molecule has 3 aliphatic rings. The van der Waals surface area contributed by atoms with Crippen molar-refractivity contribution in [1.82, 2.24) is 9.80 Å². The fourth-order valence-corrected chi connectivity index (χ4v) is 4.68. The van der Waals surface area contributed by atoms with Gasteiger partial charge in [0.15, 0.2) is 0 Å². The van der Waals surface area contributed by atoms with Crippen LogP contribution in [0.5, 0.6) is 0 Å². The maximum atomic E-state index is 2.70. The number of nitrogens with zero attached hydrogens (tertiary/aromatic N) is 2. The van der Waals surface area contributed by atoms with Crippen LogP contribution in [-0.2, 0) is 0 Å². The first-order valence-corrected chi connectivity index (χ1v) is 8.57. The van der Waals surface area contributed by atoms with Gasteiger partial charge in [-0.2, -0.15) is 0 Å². The molecule has 1 atom stereocenters. The van der Waals surface area contributed by atoms with E-state index in [-0.39, 0.29) is 0 Å². The van der Waals surface area contributed by atoms with Gasteiger partial charge >= 0.3 is 0 Å². The van der Waals surface area contributed by atoms with Gasteiger partial charge in [0.2, 0.25) is 0 Å². The Labute approximate surface area is 120 Å². The van der Waals surface area contributed by atoms with E-state index in [1.807, 2.05) is 11.8 Å². The van der Waals surface area contributed by atoms with Crippen molar-refractivity contribution in [2.45, 2.75) is 29.7 Å². The molecule has 1 saturated heterocycles. The predicted molar refractivity (Wildman–Crippen MR) is 80.9 cm³/mol. The molecule has 102 valence electrons. The van der Waals surface area contributed by atoms with E-state index in [2.05, 4.69) is 34.1 Å². The maximum absolute atomic E-state index is 2.70. The molecule has 0 amide bonds. The third-order valence-corrected chi connectivity index (χ3v) is 6.00. The van der Waals surface area contributed by atoms with Crippen LogP contribution in [0.1, 0.15) is 24.3 Å². The SMILES string of the molecule is c1ccc2c(c1)SCC2CN1CCN(C2CC2)CC1. The van der Waals surface area contributed by atoms with E-state index in [4.69, 9.17) is 0 Å². The van der Waals surface area contributed by atoms with Gasteiger partial charge in [-0.15, -0.1) is 11.8 Å². The lowest BCUT2D eigenvalue weighted by atomic mass is 10.0. The van der Waals surface area contributed by atoms with E-state index >= 15 is 0 Å². The summed E-state index contributed by atoms with van der Waals surface area (Å²) in [6.45, 7) is 6.42. The lowest BCUT2D eigenvalue weighted by molar-refractivity contribution is 0.123. The van der Waals surface area contributed by atoms with E-state index in [0.717, 1.165) is 12.0 Å². The maximum Gasteiger partial charge on any atom is 0.0113 e. The van der Waals surface area contributed by atoms with Gasteiger partial charge in [-0.05, 0) is 24.5 Å². The van der Waals surface area contributed by atoms with Crippen molar-refractivity contribution in [3.63, 3.8) is 0 Å². The van der Waals surface area contributed by atoms with Gasteiger partial charge in [0.1, 0.15) is 0 Å². The van der Waals surface area contributed by atoms with Crippen molar-refractivity contribution in [2.24, 2.45) is 0 Å². The highest BCUT2D eigenvalue weighted by Crippen LogP contribution is 2.39. The molecule has 0 bridgehead atoms. The molecule has 1 aromatic rings. The molecule has 1 aromatic carbocycles. The highest BCUT2D eigenvalue weighted by atomic mass is 32.2. The molecule has 2 aliphatic heterocycles. The van der Waals surface area contributed by atoms with Crippen molar-refractivity contribution in [2.75, 3.05) is 38.5 Å². The molecule has 19 heavy (non-hydrogen) atoms. The monoisotopic (exact) mass is 274 g/mol. The summed E-state index contributed by atoms with van der Waals surface area (Å²) in [5, 5.41) is 0. The van der Waals surface area contributed by atoms with Crippen molar-refractivity contribution in [3.05, 3.63) is 29.8 Å². The average molecular weight is 274 g/mol. The van der Waals surface area contributed by atoms with Crippen molar-refractivity contribution < 1.29 is 0 Å². The zero-order valence-corrected chi connectivity index (χ0v) is 12.2. The average Bonchev–Trinajstić information content (AvgIpc) is 3.23. The zero-order chi connectivity index (χ0) is 12.7. The van der Waals surface area contributed by atoms with E-state index in [9.17, 15) is 0 Å². The fraction of sp³-hybridized carbons (Fsp3) is 0.625. The minimum absolute atomic E-state index is 0.758. The second kappa shape index (κ2) is 5.12. The molecule has 1 aliphatic carbocycles. The van der Waals surface area contributed by atoms with Crippen LogP contribution in [-0.4, -0.2) is 54.3 Å². The van der Waals surface area contributed by atoms with Gasteiger partial charge < -0.3 is 4.90 Å². The van der Waals surface area contributed by atoms with Crippen molar-refractivity contribution in [3.8, 4) is 0 Å². The highest BCUT2D eigenvalue weighted by Gasteiger charge is 2.32. The summed E-state index contributed by atoms with van der Waals surface area (Å²) in [6, 6.07) is 9.93. The van der Waals surface area contributed by atoms with Gasteiger partial charge in [0, 0.05) is 55.3 Å². The lowest BCUT2D eigenvalue weighted by Gasteiger charge is -2.36. The largest absolute Gasteiger partial charge is 0.300 e. The summed E-state index contributed by atoms with van der Waals surface area (Å²) in [5.74, 6) is 2.04. The minimum atomic E-state index is 0.758. The lowest BCUT2D eigenvalue weighted by Crippen LogP contribution is -2.48. The van der Waals surface area contributed by atoms with Crippen LogP contribution >= 0.6 is 11.8 Å². The number of hydrogen-bond acceptors (Lipinski definition) is 3. The van der Waals surface area contributed by atoms with Crippen LogP contribution < -0.4 is 0 Å². The second-order valence-corrected chi connectivity index (χ2v) is 7.18. The number of fused-ring (bicyclic) bond motifs is 1. The van der Waals surface area contributed by atoms with Gasteiger partial charge in [-0.3, -0.25) is 4.90 Å². The first-order valence-electron chi connectivity index (χ1n) is 7.58. The standard InChI is InChI=1S/C16H22N2S/c1-2-4-16-15(3-1)13(12-19-16)11-17-7-9-18(10-8-17)14-5-6-14/h1-4,13-14H,5-12H2. The molecule has 3 heteroatoms. The minimum Gasteiger partial charge on any atom is -0.300 e. The van der Waals surface area contributed by atoms with Gasteiger partial charge in [-0.25, -0.2) is 0 Å². The summed E-state index contributed by atoms with van der Waals surface area (Å²) in [6.07, 6.45) is 2.90. The van der Waals surface area contributed by atoms with Crippen molar-refractivity contribution in [1.29, 1.82) is 0 Å². The molecule has 1 saturated carbocycles. The van der Waals surface area contributed by atoms with E-state index in [1.54, 1.807) is 5.56 Å². The predicted octanol–water partition coefficient (Wildman–Crippen LogP) is 2.66. The van der Waals surface area contributed by atoms with Crippen LogP contribution in [0.4, 0.5) is 0 Å². The number of piperazine rings is 1. The summed E-state index contributed by atoms with van der Waals surface area (Å²) in [4.78, 5) is 6.91. The molecule has 0 N–H and O–H groups in total. The zero-order valence-electron chi connectivity index (χ0n) is 11.4. The van der Waals surface area contributed by atoms with Gasteiger partial charge in [0.05, 0.1) is 0 Å². The fourth-order valence-electron chi connectivity index (χ4n) is 3.44. The van der Waals surface area contributed by atoms with Gasteiger partial charge in [0.25, 0.3) is 0 Å². The Morgan fingerprint density at radius 1 is 1.05 bits per heavy atom. The van der Waals surface area contributed by atoms with Crippen LogP contribution in [0, 0.1) is 0 Å². The first kappa shape index (κ1) is 12.2. The molecule has 2 heterocycles. The Kier molecular flexibility index (Phi) is 3.30. The Morgan fingerprint density at radius 3 is 2.63 bits per heavy atom. The smallest absolute Gasteiger partial charge is 0.0113 e. The number of thioether (sulfide) groups is 1. The quantitative estimate of drug-likeness (QED) is 0.837. The topological polar surface area (TPSA) is 6.48 Å². The third kappa shape index (κ3) is 2.56. The van der Waals surface area contributed by atoms with Crippen LogP contribution in [0.3, 0.4) is 0 Å².